The summed E-state index contributed by atoms with van der Waals surface area (Å²) in [6.07, 6.45) is 0.529. The zero-order valence-corrected chi connectivity index (χ0v) is 16.8. The molecule has 1 aromatic carbocycles. The summed E-state index contributed by atoms with van der Waals surface area (Å²) in [5, 5.41) is 23.8. The van der Waals surface area contributed by atoms with Gasteiger partial charge in [0.05, 0.1) is 16.5 Å². The first-order valence-corrected chi connectivity index (χ1v) is 9.81. The number of nitrogens with zero attached hydrogens (tertiary/aromatic N) is 2. The molecule has 0 radical (unpaired) electrons. The highest BCUT2D eigenvalue weighted by Crippen LogP contribution is 2.42. The molecule has 1 atom stereocenters. The van der Waals surface area contributed by atoms with E-state index in [0.29, 0.717) is 13.0 Å². The third kappa shape index (κ3) is 3.92. The van der Waals surface area contributed by atoms with E-state index in [4.69, 9.17) is 4.74 Å². The van der Waals surface area contributed by atoms with Crippen molar-refractivity contribution >= 4 is 34.5 Å². The van der Waals surface area contributed by atoms with Crippen LogP contribution in [0.3, 0.4) is 0 Å². The molecule has 1 fully saturated rings. The Balaban J connectivity index is 2.13. The number of carbonyl (C=O) groups excluding carboxylic acids is 2. The fraction of sp³-hybridized carbons (Fsp3) is 0.300. The van der Waals surface area contributed by atoms with Crippen LogP contribution in [0.2, 0.25) is 0 Å². The van der Waals surface area contributed by atoms with E-state index in [0.717, 1.165) is 10.4 Å². The Labute approximate surface area is 171 Å². The summed E-state index contributed by atoms with van der Waals surface area (Å²) in [4.78, 5) is 38.3. The fourth-order valence-electron chi connectivity index (χ4n) is 3.35. The average Bonchev–Trinajstić information content (AvgIpc) is 3.23. The molecule has 0 aliphatic carbocycles. The summed E-state index contributed by atoms with van der Waals surface area (Å²) in [7, 11) is 1.55. The Kier molecular flexibility index (Phi) is 6.09. The second-order valence-electron chi connectivity index (χ2n) is 6.61. The van der Waals surface area contributed by atoms with Gasteiger partial charge in [-0.2, -0.15) is 0 Å². The van der Waals surface area contributed by atoms with Gasteiger partial charge in [-0.1, -0.05) is 12.1 Å². The first-order valence-electron chi connectivity index (χ1n) is 8.93. The highest BCUT2D eigenvalue weighted by Gasteiger charge is 2.46. The molecule has 0 bridgehead atoms. The zero-order chi connectivity index (χ0) is 21.1. The monoisotopic (exact) mass is 416 g/mol. The lowest BCUT2D eigenvalue weighted by molar-refractivity contribution is -0.384. The van der Waals surface area contributed by atoms with E-state index < -0.39 is 28.4 Å². The van der Waals surface area contributed by atoms with Crippen LogP contribution in [0.25, 0.3) is 5.76 Å². The van der Waals surface area contributed by atoms with Crippen LogP contribution in [-0.4, -0.2) is 46.9 Å². The molecule has 1 saturated heterocycles. The van der Waals surface area contributed by atoms with Crippen LogP contribution < -0.4 is 0 Å². The van der Waals surface area contributed by atoms with E-state index in [1.165, 1.54) is 40.5 Å². The predicted molar refractivity (Wildman–Crippen MR) is 108 cm³/mol. The minimum atomic E-state index is -0.802. The van der Waals surface area contributed by atoms with Crippen molar-refractivity contribution < 1.29 is 24.4 Å². The maximum atomic E-state index is 12.8. The smallest absolute Gasteiger partial charge is 0.295 e. The van der Waals surface area contributed by atoms with Crippen LogP contribution in [0.15, 0.2) is 41.3 Å². The van der Waals surface area contributed by atoms with Crippen LogP contribution in [0, 0.1) is 17.0 Å². The molecule has 152 valence electrons. The number of rotatable bonds is 7. The molecule has 2 heterocycles. The molecular weight excluding hydrogens is 396 g/mol. The van der Waals surface area contributed by atoms with Gasteiger partial charge in [0.2, 0.25) is 0 Å². The first-order chi connectivity index (χ1) is 13.9. The van der Waals surface area contributed by atoms with Crippen molar-refractivity contribution in [3.63, 3.8) is 0 Å². The third-order valence-corrected chi connectivity index (χ3v) is 5.84. The second-order valence-corrected chi connectivity index (χ2v) is 7.56. The van der Waals surface area contributed by atoms with E-state index in [1.54, 1.807) is 7.11 Å². The highest BCUT2D eigenvalue weighted by atomic mass is 32.1. The number of Topliss-reactive ketones (excluding diaryl/α,β-unsaturated/α-hetero) is 1. The predicted octanol–water partition coefficient (Wildman–Crippen LogP) is 3.42. The summed E-state index contributed by atoms with van der Waals surface area (Å²) in [5.74, 6) is -1.92. The molecule has 9 heteroatoms. The largest absolute Gasteiger partial charge is 0.507 e. The lowest BCUT2D eigenvalue weighted by Gasteiger charge is -2.24. The molecule has 1 aliphatic heterocycles. The summed E-state index contributed by atoms with van der Waals surface area (Å²) in [5.41, 5.74) is 0.738. The maximum absolute atomic E-state index is 12.8. The molecule has 3 rings (SSSR count). The molecule has 1 aromatic heterocycles. The second kappa shape index (κ2) is 8.54. The number of hydrogen-bond acceptors (Lipinski definition) is 7. The molecule has 1 amide bonds. The van der Waals surface area contributed by atoms with Crippen LogP contribution in [-0.2, 0) is 14.3 Å². The van der Waals surface area contributed by atoms with E-state index in [-0.39, 0.29) is 23.4 Å². The van der Waals surface area contributed by atoms with Crippen molar-refractivity contribution in [1.29, 1.82) is 0 Å². The van der Waals surface area contributed by atoms with Gasteiger partial charge in [-0.3, -0.25) is 19.7 Å². The number of nitro benzene ring substituents is 1. The number of benzene rings is 1. The summed E-state index contributed by atoms with van der Waals surface area (Å²) in [6, 6.07) is 6.51. The minimum Gasteiger partial charge on any atom is -0.507 e. The molecule has 2 aromatic rings. The van der Waals surface area contributed by atoms with Crippen molar-refractivity contribution in [3.05, 3.63) is 67.4 Å². The third-order valence-electron chi connectivity index (χ3n) is 4.77. The number of methoxy groups -OCH3 is 1. The number of ketones is 1. The topological polar surface area (TPSA) is 110 Å². The molecule has 1 N–H and O–H groups in total. The van der Waals surface area contributed by atoms with Crippen LogP contribution in [0.1, 0.15) is 28.5 Å². The number of ether oxygens (including phenoxy) is 1. The zero-order valence-electron chi connectivity index (χ0n) is 16.0. The molecule has 1 unspecified atom stereocenters. The Morgan fingerprint density at radius 2 is 2.10 bits per heavy atom. The standard InChI is InChI=1S/C20H20N2O6S/c1-12-7-10-29-19(12)16-15(18(24)20(25)21(16)8-4-9-28-2)17(23)13-5-3-6-14(11-13)22(26)27/h3,5-7,10-11,16,23H,4,8-9H2,1-2H3/b17-15-. The van der Waals surface area contributed by atoms with Gasteiger partial charge in [-0.05, 0) is 30.4 Å². The Morgan fingerprint density at radius 1 is 1.34 bits per heavy atom. The Hall–Kier alpha value is -3.04. The lowest BCUT2D eigenvalue weighted by Crippen LogP contribution is -2.31. The van der Waals surface area contributed by atoms with Crippen molar-refractivity contribution in [2.45, 2.75) is 19.4 Å². The van der Waals surface area contributed by atoms with Crippen LogP contribution in [0.4, 0.5) is 5.69 Å². The molecule has 0 spiro atoms. The number of aryl methyl sites for hydroxylation is 1. The SMILES string of the molecule is COCCCN1C(=O)C(=O)/C(=C(\O)c2cccc([N+](=O)[O-])c2)C1c1sccc1C. The molecule has 0 saturated carbocycles. The summed E-state index contributed by atoms with van der Waals surface area (Å²) >= 11 is 1.39. The van der Waals surface area contributed by atoms with Crippen molar-refractivity contribution in [1.82, 2.24) is 4.90 Å². The molecular formula is C20H20N2O6S. The number of aliphatic hydroxyl groups excluding tert-OH is 1. The first kappa shape index (κ1) is 20.7. The Morgan fingerprint density at radius 3 is 2.72 bits per heavy atom. The van der Waals surface area contributed by atoms with Gasteiger partial charge < -0.3 is 14.7 Å². The normalized spacial score (nSPS) is 18.4. The quantitative estimate of drug-likeness (QED) is 0.185. The average molecular weight is 416 g/mol. The Bertz CT molecular complexity index is 996. The van der Waals surface area contributed by atoms with E-state index in [9.17, 15) is 24.8 Å². The van der Waals surface area contributed by atoms with Gasteiger partial charge in [0, 0.05) is 42.8 Å². The number of nitro groups is 1. The lowest BCUT2D eigenvalue weighted by atomic mass is 9.98. The van der Waals surface area contributed by atoms with Gasteiger partial charge in [-0.25, -0.2) is 0 Å². The summed E-state index contributed by atoms with van der Waals surface area (Å²) < 4.78 is 5.05. The number of amides is 1. The fourth-order valence-corrected chi connectivity index (χ4v) is 4.40. The van der Waals surface area contributed by atoms with Crippen molar-refractivity contribution in [2.24, 2.45) is 0 Å². The molecule has 8 nitrogen and oxygen atoms in total. The number of non-ortho nitro benzene ring substituents is 1. The van der Waals surface area contributed by atoms with E-state index >= 15 is 0 Å². The van der Waals surface area contributed by atoms with Gasteiger partial charge in [-0.15, -0.1) is 11.3 Å². The number of thiophene rings is 1. The number of hydrogen-bond donors (Lipinski definition) is 1. The van der Waals surface area contributed by atoms with Crippen molar-refractivity contribution in [2.75, 3.05) is 20.3 Å². The van der Waals surface area contributed by atoms with Crippen LogP contribution >= 0.6 is 11.3 Å². The molecule has 1 aliphatic rings. The van der Waals surface area contributed by atoms with Crippen LogP contribution in [0.5, 0.6) is 0 Å². The van der Waals surface area contributed by atoms with E-state index in [1.807, 2.05) is 18.4 Å². The van der Waals surface area contributed by atoms with Gasteiger partial charge in [0.1, 0.15) is 5.76 Å². The maximum Gasteiger partial charge on any atom is 0.295 e. The van der Waals surface area contributed by atoms with Crippen molar-refractivity contribution in [3.8, 4) is 0 Å². The van der Waals surface area contributed by atoms with E-state index in [2.05, 4.69) is 0 Å². The molecule has 29 heavy (non-hydrogen) atoms. The minimum absolute atomic E-state index is 0.0570. The van der Waals surface area contributed by atoms with Gasteiger partial charge in [0.15, 0.2) is 0 Å². The number of aliphatic hydroxyl groups is 1. The highest BCUT2D eigenvalue weighted by molar-refractivity contribution is 7.10. The summed E-state index contributed by atoms with van der Waals surface area (Å²) in [6.45, 7) is 2.57. The van der Waals surface area contributed by atoms with Gasteiger partial charge >= 0.3 is 0 Å². The van der Waals surface area contributed by atoms with Gasteiger partial charge in [0.25, 0.3) is 17.4 Å². The number of likely N-dealkylation sites (tertiary alicyclic amines) is 1. The number of carbonyl (C=O) groups is 2.